The lowest BCUT2D eigenvalue weighted by molar-refractivity contribution is 0.0600. The van der Waals surface area contributed by atoms with E-state index in [9.17, 15) is 9.59 Å². The van der Waals surface area contributed by atoms with Crippen molar-refractivity contribution in [1.29, 1.82) is 0 Å². The summed E-state index contributed by atoms with van der Waals surface area (Å²) < 4.78 is 4.71. The Labute approximate surface area is 152 Å². The number of benzene rings is 1. The van der Waals surface area contributed by atoms with Crippen molar-refractivity contribution in [3.63, 3.8) is 0 Å². The number of pyridine rings is 1. The van der Waals surface area contributed by atoms with E-state index in [0.717, 1.165) is 42.9 Å². The number of methoxy groups -OCH3 is 1. The number of aromatic nitrogens is 1. The smallest absolute Gasteiger partial charge is 0.337 e. The second kappa shape index (κ2) is 6.78. The second-order valence-electron chi connectivity index (χ2n) is 6.71. The van der Waals surface area contributed by atoms with Crippen molar-refractivity contribution in [2.75, 3.05) is 25.1 Å². The number of carbonyl (C=O) groups excluding carboxylic acids is 2. The van der Waals surface area contributed by atoms with Crippen LogP contribution in [-0.4, -0.2) is 48.1 Å². The van der Waals surface area contributed by atoms with Gasteiger partial charge in [-0.1, -0.05) is 12.1 Å². The van der Waals surface area contributed by atoms with Gasteiger partial charge in [-0.25, -0.2) is 9.59 Å². The Morgan fingerprint density at radius 2 is 1.96 bits per heavy atom. The Balaban J connectivity index is 1.52. The van der Waals surface area contributed by atoms with Gasteiger partial charge in [0.2, 0.25) is 0 Å². The first-order chi connectivity index (χ1) is 12.7. The van der Waals surface area contributed by atoms with Crippen LogP contribution in [0.5, 0.6) is 0 Å². The van der Waals surface area contributed by atoms with E-state index in [1.54, 1.807) is 18.3 Å². The van der Waals surface area contributed by atoms with E-state index in [-0.39, 0.29) is 12.0 Å². The number of carbonyl (C=O) groups is 2. The van der Waals surface area contributed by atoms with Gasteiger partial charge in [0, 0.05) is 18.7 Å². The normalized spacial score (nSPS) is 19.4. The summed E-state index contributed by atoms with van der Waals surface area (Å²) >= 11 is 0. The average molecular weight is 351 g/mol. The molecule has 1 aromatic heterocycles. The van der Waals surface area contributed by atoms with Gasteiger partial charge in [0.25, 0.3) is 0 Å². The molecular formula is C20H21N3O3. The summed E-state index contributed by atoms with van der Waals surface area (Å²) in [4.78, 5) is 32.4. The lowest BCUT2D eigenvalue weighted by Crippen LogP contribution is -2.38. The molecule has 0 unspecified atom stereocenters. The van der Waals surface area contributed by atoms with Crippen LogP contribution in [0.25, 0.3) is 11.3 Å². The fraction of sp³-hybridized carbons (Fsp3) is 0.350. The van der Waals surface area contributed by atoms with Crippen LogP contribution in [0, 0.1) is 0 Å². The minimum absolute atomic E-state index is 0.0895. The third-order valence-corrected chi connectivity index (χ3v) is 5.16. The number of urea groups is 1. The van der Waals surface area contributed by atoms with Crippen LogP contribution in [0.4, 0.5) is 10.5 Å². The Morgan fingerprint density at radius 3 is 2.62 bits per heavy atom. The zero-order chi connectivity index (χ0) is 18.1. The van der Waals surface area contributed by atoms with Crippen molar-refractivity contribution >= 4 is 17.7 Å². The summed E-state index contributed by atoms with van der Waals surface area (Å²) in [5.41, 5.74) is 3.05. The molecule has 3 heterocycles. The van der Waals surface area contributed by atoms with Crippen LogP contribution in [0.2, 0.25) is 0 Å². The molecule has 1 aromatic carbocycles. The molecule has 26 heavy (non-hydrogen) atoms. The fourth-order valence-electron chi connectivity index (χ4n) is 3.71. The Morgan fingerprint density at radius 1 is 1.15 bits per heavy atom. The SMILES string of the molecule is COC(=O)c1ccc(-c2ccc(N3C[C@@H]4CCCCN4C3=O)cn2)cc1. The largest absolute Gasteiger partial charge is 0.465 e. The van der Waals surface area contributed by atoms with Crippen LogP contribution < -0.4 is 4.90 Å². The zero-order valence-electron chi connectivity index (χ0n) is 14.7. The highest BCUT2D eigenvalue weighted by atomic mass is 16.5. The van der Waals surface area contributed by atoms with E-state index < -0.39 is 0 Å². The Kier molecular flexibility index (Phi) is 4.32. The number of esters is 1. The van der Waals surface area contributed by atoms with Crippen molar-refractivity contribution in [3.05, 3.63) is 48.2 Å². The molecule has 2 saturated heterocycles. The first-order valence-electron chi connectivity index (χ1n) is 8.90. The van der Waals surface area contributed by atoms with Gasteiger partial charge in [-0.15, -0.1) is 0 Å². The molecule has 0 saturated carbocycles. The number of rotatable bonds is 3. The number of hydrogen-bond acceptors (Lipinski definition) is 4. The summed E-state index contributed by atoms with van der Waals surface area (Å²) in [5, 5.41) is 0. The first-order valence-corrected chi connectivity index (χ1v) is 8.90. The number of ether oxygens (including phenoxy) is 1. The van der Waals surface area contributed by atoms with Crippen LogP contribution in [0.3, 0.4) is 0 Å². The van der Waals surface area contributed by atoms with Gasteiger partial charge < -0.3 is 9.64 Å². The highest BCUT2D eigenvalue weighted by Crippen LogP contribution is 2.30. The van der Waals surface area contributed by atoms with Crippen molar-refractivity contribution in [1.82, 2.24) is 9.88 Å². The van der Waals surface area contributed by atoms with E-state index in [2.05, 4.69) is 4.98 Å². The van der Waals surface area contributed by atoms with Gasteiger partial charge >= 0.3 is 12.0 Å². The van der Waals surface area contributed by atoms with Gasteiger partial charge in [0.1, 0.15) is 0 Å². The minimum Gasteiger partial charge on any atom is -0.465 e. The topological polar surface area (TPSA) is 62.7 Å². The summed E-state index contributed by atoms with van der Waals surface area (Å²) in [6.45, 7) is 1.60. The minimum atomic E-state index is -0.358. The Hall–Kier alpha value is -2.89. The van der Waals surface area contributed by atoms with Gasteiger partial charge in [-0.3, -0.25) is 9.88 Å². The van der Waals surface area contributed by atoms with E-state index in [1.165, 1.54) is 13.5 Å². The average Bonchev–Trinajstić information content (AvgIpc) is 3.04. The lowest BCUT2D eigenvalue weighted by atomic mass is 10.0. The molecule has 134 valence electrons. The van der Waals surface area contributed by atoms with E-state index in [0.29, 0.717) is 11.6 Å². The molecule has 6 heteroatoms. The van der Waals surface area contributed by atoms with Crippen LogP contribution in [-0.2, 0) is 4.74 Å². The zero-order valence-corrected chi connectivity index (χ0v) is 14.7. The third kappa shape index (κ3) is 2.92. The summed E-state index contributed by atoms with van der Waals surface area (Å²) in [5.74, 6) is -0.358. The van der Waals surface area contributed by atoms with E-state index in [4.69, 9.17) is 4.74 Å². The number of anilines is 1. The highest BCUT2D eigenvalue weighted by molar-refractivity contribution is 5.94. The molecule has 2 aromatic rings. The van der Waals surface area contributed by atoms with Gasteiger partial charge in [0.15, 0.2) is 0 Å². The quantitative estimate of drug-likeness (QED) is 0.796. The fourth-order valence-corrected chi connectivity index (χ4v) is 3.71. The summed E-state index contributed by atoms with van der Waals surface area (Å²) in [6, 6.07) is 11.4. The maximum absolute atomic E-state index is 12.6. The van der Waals surface area contributed by atoms with E-state index in [1.807, 2.05) is 34.1 Å². The molecule has 1 atom stereocenters. The molecule has 0 radical (unpaired) electrons. The van der Waals surface area contributed by atoms with Crippen molar-refractivity contribution in [2.45, 2.75) is 25.3 Å². The second-order valence-corrected chi connectivity index (χ2v) is 6.71. The summed E-state index contributed by atoms with van der Waals surface area (Å²) in [7, 11) is 1.36. The molecule has 2 amide bonds. The molecular weight excluding hydrogens is 330 g/mol. The summed E-state index contributed by atoms with van der Waals surface area (Å²) in [6.07, 6.45) is 5.12. The molecule has 4 rings (SSSR count). The van der Waals surface area contributed by atoms with Gasteiger partial charge in [-0.05, 0) is 43.5 Å². The monoisotopic (exact) mass is 351 g/mol. The number of piperidine rings is 1. The molecule has 0 bridgehead atoms. The van der Waals surface area contributed by atoms with Crippen molar-refractivity contribution < 1.29 is 14.3 Å². The number of fused-ring (bicyclic) bond motifs is 1. The number of hydrogen-bond donors (Lipinski definition) is 0. The standard InChI is InChI=1S/C20H21N3O3/c1-26-19(24)15-7-5-14(6-8-15)18-10-9-16(12-21-18)23-13-17-4-2-3-11-22(17)20(23)25/h5-10,12,17H,2-4,11,13H2,1H3/t17-/m0/s1. The molecule has 2 aliphatic rings. The predicted octanol–water partition coefficient (Wildman–Crippen LogP) is 3.33. The number of amides is 2. The first kappa shape index (κ1) is 16.6. The van der Waals surface area contributed by atoms with Gasteiger partial charge in [0.05, 0.1) is 36.3 Å². The van der Waals surface area contributed by atoms with Crippen LogP contribution in [0.1, 0.15) is 29.6 Å². The molecule has 2 fully saturated rings. The molecule has 0 spiro atoms. The van der Waals surface area contributed by atoms with Crippen LogP contribution >= 0.6 is 0 Å². The lowest BCUT2D eigenvalue weighted by Gasteiger charge is -2.27. The molecule has 6 nitrogen and oxygen atoms in total. The molecule has 2 aliphatic heterocycles. The van der Waals surface area contributed by atoms with Crippen molar-refractivity contribution in [3.8, 4) is 11.3 Å². The highest BCUT2D eigenvalue weighted by Gasteiger charge is 2.39. The Bertz CT molecular complexity index is 817. The molecule has 0 aliphatic carbocycles. The maximum atomic E-state index is 12.6. The predicted molar refractivity (Wildman–Crippen MR) is 98.1 cm³/mol. The van der Waals surface area contributed by atoms with Crippen LogP contribution in [0.15, 0.2) is 42.6 Å². The third-order valence-electron chi connectivity index (χ3n) is 5.16. The number of nitrogens with zero attached hydrogens (tertiary/aromatic N) is 3. The van der Waals surface area contributed by atoms with E-state index >= 15 is 0 Å². The van der Waals surface area contributed by atoms with Gasteiger partial charge in [-0.2, -0.15) is 0 Å². The van der Waals surface area contributed by atoms with Crippen molar-refractivity contribution in [2.24, 2.45) is 0 Å². The molecule has 0 N–H and O–H groups in total. The maximum Gasteiger partial charge on any atom is 0.337 e.